The molecule has 10 aromatic carbocycles. The van der Waals surface area contributed by atoms with Gasteiger partial charge in [-0.2, -0.15) is 0 Å². The summed E-state index contributed by atoms with van der Waals surface area (Å²) in [5, 5.41) is 7.33. The molecule has 0 N–H and O–H groups in total. The smallest absolute Gasteiger partial charge is 0.161 e. The Morgan fingerprint density at radius 3 is 1.44 bits per heavy atom. The molecule has 1 aromatic heterocycles. The fourth-order valence-electron chi connectivity index (χ4n) is 10.3. The zero-order valence-electron chi connectivity index (χ0n) is 35.2. The van der Waals surface area contributed by atoms with E-state index in [4.69, 9.17) is 9.97 Å². The fourth-order valence-corrected chi connectivity index (χ4v) is 10.3. The van der Waals surface area contributed by atoms with Gasteiger partial charge in [-0.25, -0.2) is 9.97 Å². The maximum absolute atomic E-state index is 5.40. The van der Waals surface area contributed by atoms with Gasteiger partial charge in [0.25, 0.3) is 0 Å². The van der Waals surface area contributed by atoms with Crippen molar-refractivity contribution >= 4 is 32.3 Å². The van der Waals surface area contributed by atoms with E-state index in [1.165, 1.54) is 66.1 Å². The Hall–Kier alpha value is -7.94. The van der Waals surface area contributed by atoms with Crippen molar-refractivity contribution in [2.75, 3.05) is 0 Å². The number of aromatic nitrogens is 2. The first-order valence-electron chi connectivity index (χ1n) is 21.8. The minimum absolute atomic E-state index is 0.114. The molecular formula is C61H42N2. The van der Waals surface area contributed by atoms with Crippen LogP contribution in [0.25, 0.3) is 111 Å². The zero-order chi connectivity index (χ0) is 42.1. The van der Waals surface area contributed by atoms with Crippen LogP contribution in [0, 0.1) is 0 Å². The van der Waals surface area contributed by atoms with Gasteiger partial charge >= 0.3 is 0 Å². The van der Waals surface area contributed by atoms with Gasteiger partial charge in [-0.05, 0) is 100 Å². The first kappa shape index (κ1) is 36.9. The van der Waals surface area contributed by atoms with E-state index >= 15 is 0 Å². The van der Waals surface area contributed by atoms with Crippen molar-refractivity contribution in [1.29, 1.82) is 0 Å². The first-order valence-corrected chi connectivity index (χ1v) is 21.8. The molecule has 0 fully saturated rings. The fraction of sp³-hybridized carbons (Fsp3) is 0.0492. The maximum Gasteiger partial charge on any atom is 0.161 e. The SMILES string of the molecule is CC1(C)c2cccc(-c3ccc(-c4ccc(-c5nc(-c6ccccc6)cc(-c6ccccc6-c6ccccc6)n5)c5ccccc45)c4ccccc34)c2-c2c1ccc1ccccc21. The van der Waals surface area contributed by atoms with E-state index in [-0.39, 0.29) is 5.41 Å². The third kappa shape index (κ3) is 5.94. The number of benzene rings is 10. The average molecular weight is 803 g/mol. The second-order valence-corrected chi connectivity index (χ2v) is 17.2. The molecule has 1 aliphatic rings. The van der Waals surface area contributed by atoms with Crippen LogP contribution in [0.2, 0.25) is 0 Å². The Labute approximate surface area is 367 Å². The molecule has 0 unspecified atom stereocenters. The summed E-state index contributed by atoms with van der Waals surface area (Å²) in [7, 11) is 0. The largest absolute Gasteiger partial charge is 0.228 e. The zero-order valence-corrected chi connectivity index (χ0v) is 35.2. The van der Waals surface area contributed by atoms with Crippen LogP contribution in [0.1, 0.15) is 25.0 Å². The molecule has 0 aliphatic heterocycles. The molecule has 12 rings (SSSR count). The van der Waals surface area contributed by atoms with Gasteiger partial charge < -0.3 is 0 Å². The van der Waals surface area contributed by atoms with Gasteiger partial charge in [-0.15, -0.1) is 0 Å². The van der Waals surface area contributed by atoms with Gasteiger partial charge in [0.05, 0.1) is 11.4 Å². The second-order valence-electron chi connectivity index (χ2n) is 17.2. The lowest BCUT2D eigenvalue weighted by atomic mass is 9.81. The summed E-state index contributed by atoms with van der Waals surface area (Å²) in [4.78, 5) is 10.7. The van der Waals surface area contributed by atoms with Crippen molar-refractivity contribution in [2.45, 2.75) is 19.3 Å². The third-order valence-corrected chi connectivity index (χ3v) is 13.3. The van der Waals surface area contributed by atoms with Crippen molar-refractivity contribution < 1.29 is 0 Å². The molecule has 1 aliphatic carbocycles. The molecule has 0 atom stereocenters. The molecule has 63 heavy (non-hydrogen) atoms. The van der Waals surface area contributed by atoms with Crippen LogP contribution >= 0.6 is 0 Å². The molecule has 1 heterocycles. The lowest BCUT2D eigenvalue weighted by Crippen LogP contribution is -2.14. The number of fused-ring (bicyclic) bond motifs is 7. The number of nitrogens with zero attached hydrogens (tertiary/aromatic N) is 2. The van der Waals surface area contributed by atoms with E-state index in [9.17, 15) is 0 Å². The molecule has 0 saturated heterocycles. The topological polar surface area (TPSA) is 25.8 Å². The Morgan fingerprint density at radius 1 is 0.302 bits per heavy atom. The van der Waals surface area contributed by atoms with E-state index in [1.54, 1.807) is 0 Å². The number of hydrogen-bond donors (Lipinski definition) is 0. The summed E-state index contributed by atoms with van der Waals surface area (Å²) in [6, 6.07) is 79.0. The van der Waals surface area contributed by atoms with Crippen molar-refractivity contribution in [1.82, 2.24) is 9.97 Å². The monoisotopic (exact) mass is 802 g/mol. The van der Waals surface area contributed by atoms with E-state index < -0.39 is 0 Å². The minimum atomic E-state index is -0.114. The van der Waals surface area contributed by atoms with E-state index in [2.05, 4.69) is 226 Å². The maximum atomic E-state index is 5.40. The first-order chi connectivity index (χ1) is 31.0. The van der Waals surface area contributed by atoms with Crippen LogP contribution in [0.5, 0.6) is 0 Å². The summed E-state index contributed by atoms with van der Waals surface area (Å²) in [6.45, 7) is 4.75. The summed E-state index contributed by atoms with van der Waals surface area (Å²) in [5.41, 5.74) is 17.5. The normalized spacial score (nSPS) is 12.7. The van der Waals surface area contributed by atoms with Crippen LogP contribution in [-0.2, 0) is 5.41 Å². The van der Waals surface area contributed by atoms with Crippen molar-refractivity contribution in [3.8, 4) is 78.4 Å². The van der Waals surface area contributed by atoms with Crippen molar-refractivity contribution in [3.05, 3.63) is 230 Å². The van der Waals surface area contributed by atoms with Crippen molar-refractivity contribution in [3.63, 3.8) is 0 Å². The Morgan fingerprint density at radius 2 is 0.778 bits per heavy atom. The third-order valence-electron chi connectivity index (χ3n) is 13.3. The molecule has 0 bridgehead atoms. The van der Waals surface area contributed by atoms with Crippen LogP contribution < -0.4 is 0 Å². The van der Waals surface area contributed by atoms with Crippen LogP contribution in [0.4, 0.5) is 0 Å². The number of rotatable bonds is 6. The molecular weight excluding hydrogens is 761 g/mol. The molecule has 0 saturated carbocycles. The lowest BCUT2D eigenvalue weighted by molar-refractivity contribution is 0.661. The van der Waals surface area contributed by atoms with Gasteiger partial charge in [0.15, 0.2) is 5.82 Å². The Balaban J connectivity index is 1.04. The predicted molar refractivity (Wildman–Crippen MR) is 265 cm³/mol. The van der Waals surface area contributed by atoms with Gasteiger partial charge in [-0.1, -0.05) is 220 Å². The lowest BCUT2D eigenvalue weighted by Gasteiger charge is -2.22. The van der Waals surface area contributed by atoms with Crippen LogP contribution in [0.15, 0.2) is 218 Å². The Bertz CT molecular complexity index is 3580. The second kappa shape index (κ2) is 14.6. The molecule has 296 valence electrons. The van der Waals surface area contributed by atoms with Crippen LogP contribution in [-0.4, -0.2) is 9.97 Å². The molecule has 0 radical (unpaired) electrons. The van der Waals surface area contributed by atoms with Crippen molar-refractivity contribution in [2.24, 2.45) is 0 Å². The molecule has 2 heteroatoms. The molecule has 0 spiro atoms. The van der Waals surface area contributed by atoms with Gasteiger partial charge in [-0.3, -0.25) is 0 Å². The number of hydrogen-bond acceptors (Lipinski definition) is 2. The highest BCUT2D eigenvalue weighted by atomic mass is 14.9. The highest BCUT2D eigenvalue weighted by Crippen LogP contribution is 2.55. The van der Waals surface area contributed by atoms with E-state index in [0.717, 1.165) is 50.0 Å². The van der Waals surface area contributed by atoms with Crippen LogP contribution in [0.3, 0.4) is 0 Å². The predicted octanol–water partition coefficient (Wildman–Crippen LogP) is 16.2. The highest BCUT2D eigenvalue weighted by molar-refractivity contribution is 6.14. The molecule has 11 aromatic rings. The van der Waals surface area contributed by atoms with E-state index in [0.29, 0.717) is 5.82 Å². The summed E-state index contributed by atoms with van der Waals surface area (Å²) >= 11 is 0. The average Bonchev–Trinajstić information content (AvgIpc) is 3.60. The molecule has 2 nitrogen and oxygen atoms in total. The standard InChI is InChI=1S/C61H42N2/c1-61(2)54-31-17-30-52(59(54)58-43-24-10-9-20-40(43)32-37-55(58)61)50-34-33-48(44-25-12-13-26-45(44)50)49-35-36-53(47-28-15-14-27-46(47)49)60-62-56(41-21-7-4-8-22-41)38-57(63-60)51-29-16-11-23-42(51)39-18-5-3-6-19-39/h3-38H,1-2H3. The summed E-state index contributed by atoms with van der Waals surface area (Å²) in [5.74, 6) is 0.700. The highest BCUT2D eigenvalue weighted by Gasteiger charge is 2.38. The molecule has 0 amide bonds. The Kier molecular flexibility index (Phi) is 8.55. The van der Waals surface area contributed by atoms with Gasteiger partial charge in [0, 0.05) is 22.1 Å². The van der Waals surface area contributed by atoms with E-state index in [1.807, 2.05) is 6.07 Å². The quantitative estimate of drug-likeness (QED) is 0.167. The van der Waals surface area contributed by atoms with Gasteiger partial charge in [0.1, 0.15) is 0 Å². The summed E-state index contributed by atoms with van der Waals surface area (Å²) in [6.07, 6.45) is 0. The summed E-state index contributed by atoms with van der Waals surface area (Å²) < 4.78 is 0. The minimum Gasteiger partial charge on any atom is -0.228 e. The van der Waals surface area contributed by atoms with Gasteiger partial charge in [0.2, 0.25) is 0 Å².